The Balaban J connectivity index is 1.46. The van der Waals surface area contributed by atoms with Crippen LogP contribution >= 0.6 is 0 Å². The fourth-order valence-electron chi connectivity index (χ4n) is 4.56. The van der Waals surface area contributed by atoms with E-state index in [0.29, 0.717) is 6.04 Å². The average Bonchev–Trinajstić information content (AvgIpc) is 2.74. The summed E-state index contributed by atoms with van der Waals surface area (Å²) in [5.41, 5.74) is 2.70. The van der Waals surface area contributed by atoms with Gasteiger partial charge in [-0.3, -0.25) is 9.88 Å². The first-order valence-electron chi connectivity index (χ1n) is 10.6. The Morgan fingerprint density at radius 3 is 2.63 bits per heavy atom. The van der Waals surface area contributed by atoms with E-state index in [1.807, 2.05) is 24.7 Å². The average molecular weight is 366 g/mol. The number of hydrogen-bond donors (Lipinski definition) is 0. The van der Waals surface area contributed by atoms with Gasteiger partial charge in [0.25, 0.3) is 0 Å². The molecule has 1 aliphatic carbocycles. The molecule has 27 heavy (non-hydrogen) atoms. The molecule has 2 aromatic heterocycles. The van der Waals surface area contributed by atoms with Gasteiger partial charge >= 0.3 is 0 Å². The summed E-state index contributed by atoms with van der Waals surface area (Å²) in [5, 5.41) is 0. The van der Waals surface area contributed by atoms with Gasteiger partial charge in [-0.25, -0.2) is 9.97 Å². The number of likely N-dealkylation sites (tertiary alicyclic amines) is 1. The molecule has 144 valence electrons. The zero-order valence-corrected chi connectivity index (χ0v) is 16.3. The third kappa shape index (κ3) is 4.90. The molecule has 0 saturated carbocycles. The minimum absolute atomic E-state index is 0.389. The predicted octanol–water partition coefficient (Wildman–Crippen LogP) is 3.63. The van der Waals surface area contributed by atoms with E-state index in [-0.39, 0.29) is 0 Å². The number of hydrogen-bond acceptors (Lipinski definition) is 5. The van der Waals surface area contributed by atoms with Crippen molar-refractivity contribution in [3.8, 4) is 0 Å². The monoisotopic (exact) mass is 365 g/mol. The molecule has 1 fully saturated rings. The van der Waals surface area contributed by atoms with Crippen LogP contribution in [0.3, 0.4) is 0 Å². The summed E-state index contributed by atoms with van der Waals surface area (Å²) >= 11 is 0. The Labute approximate surface area is 162 Å². The first kappa shape index (κ1) is 18.5. The third-order valence-electron chi connectivity index (χ3n) is 5.94. The van der Waals surface area contributed by atoms with Gasteiger partial charge in [0.2, 0.25) is 0 Å². The van der Waals surface area contributed by atoms with Crippen molar-refractivity contribution in [2.45, 2.75) is 57.5 Å². The molecule has 0 bridgehead atoms. The summed E-state index contributed by atoms with van der Waals surface area (Å²) in [6.45, 7) is 5.64. The molecular weight excluding hydrogens is 334 g/mol. The Kier molecular flexibility index (Phi) is 6.43. The first-order valence-corrected chi connectivity index (χ1v) is 10.6. The van der Waals surface area contributed by atoms with Gasteiger partial charge in [-0.1, -0.05) is 12.5 Å². The van der Waals surface area contributed by atoms with E-state index in [1.54, 1.807) is 0 Å². The lowest BCUT2D eigenvalue weighted by Crippen LogP contribution is -2.36. The van der Waals surface area contributed by atoms with Gasteiger partial charge < -0.3 is 4.90 Å². The summed E-state index contributed by atoms with van der Waals surface area (Å²) in [5.74, 6) is 0.915. The zero-order chi connectivity index (χ0) is 18.3. The third-order valence-corrected chi connectivity index (χ3v) is 5.94. The smallest absolute Gasteiger partial charge is 0.142 e. The summed E-state index contributed by atoms with van der Waals surface area (Å²) in [6.07, 6.45) is 14.5. The van der Waals surface area contributed by atoms with Gasteiger partial charge in [0.15, 0.2) is 0 Å². The topological polar surface area (TPSA) is 45.2 Å². The first-order chi connectivity index (χ1) is 13.4. The van der Waals surface area contributed by atoms with Gasteiger partial charge in [0.1, 0.15) is 5.82 Å². The number of piperidine rings is 1. The molecule has 3 heterocycles. The number of pyridine rings is 1. The number of aryl methyl sites for hydroxylation is 1. The molecule has 1 aliphatic heterocycles. The van der Waals surface area contributed by atoms with Crippen LogP contribution in [-0.4, -0.2) is 50.9 Å². The van der Waals surface area contributed by atoms with Crippen molar-refractivity contribution in [3.63, 3.8) is 0 Å². The van der Waals surface area contributed by atoms with Gasteiger partial charge in [0.05, 0.1) is 18.3 Å². The van der Waals surface area contributed by atoms with E-state index in [9.17, 15) is 0 Å². The highest BCUT2D eigenvalue weighted by molar-refractivity contribution is 5.25. The number of rotatable bonds is 7. The van der Waals surface area contributed by atoms with Crippen LogP contribution in [0.1, 0.15) is 61.6 Å². The van der Waals surface area contributed by atoms with E-state index < -0.39 is 0 Å². The molecular formula is C22H31N5. The molecule has 5 nitrogen and oxygen atoms in total. The Hall–Kier alpha value is -1.85. The summed E-state index contributed by atoms with van der Waals surface area (Å²) < 4.78 is 0. The lowest BCUT2D eigenvalue weighted by molar-refractivity contribution is 0.144. The maximum absolute atomic E-state index is 4.77. The maximum atomic E-state index is 4.77. The van der Waals surface area contributed by atoms with Crippen molar-refractivity contribution < 1.29 is 0 Å². The Bertz CT molecular complexity index is 699. The second kappa shape index (κ2) is 9.38. The second-order valence-corrected chi connectivity index (χ2v) is 7.85. The van der Waals surface area contributed by atoms with E-state index >= 15 is 0 Å². The normalized spacial score (nSPS) is 20.6. The van der Waals surface area contributed by atoms with Crippen LogP contribution in [0.15, 0.2) is 36.8 Å². The van der Waals surface area contributed by atoms with E-state index in [1.165, 1.54) is 69.4 Å². The lowest BCUT2D eigenvalue weighted by Gasteiger charge is -2.35. The molecule has 2 aromatic rings. The highest BCUT2D eigenvalue weighted by Crippen LogP contribution is 2.33. The molecule has 4 rings (SSSR count). The Morgan fingerprint density at radius 1 is 0.963 bits per heavy atom. The van der Waals surface area contributed by atoms with Crippen LogP contribution in [0.2, 0.25) is 0 Å². The SMILES string of the molecule is c1cnc(CN(CCCN2CCCCC2)[C@H]2CCCc3cccnc32)nc1. The molecule has 5 heteroatoms. The van der Waals surface area contributed by atoms with Crippen LogP contribution in [-0.2, 0) is 13.0 Å². The molecule has 1 atom stereocenters. The summed E-state index contributed by atoms with van der Waals surface area (Å²) in [7, 11) is 0. The van der Waals surface area contributed by atoms with Gasteiger partial charge in [-0.2, -0.15) is 0 Å². The van der Waals surface area contributed by atoms with E-state index in [2.05, 4.69) is 31.9 Å². The van der Waals surface area contributed by atoms with E-state index in [4.69, 9.17) is 4.98 Å². The van der Waals surface area contributed by atoms with Gasteiger partial charge in [-0.15, -0.1) is 0 Å². The van der Waals surface area contributed by atoms with Crippen molar-refractivity contribution in [2.75, 3.05) is 26.2 Å². The molecule has 1 saturated heterocycles. The van der Waals surface area contributed by atoms with Crippen LogP contribution in [0.4, 0.5) is 0 Å². The molecule has 0 radical (unpaired) electrons. The summed E-state index contributed by atoms with van der Waals surface area (Å²) in [4.78, 5) is 18.9. The van der Waals surface area contributed by atoms with Crippen LogP contribution in [0.25, 0.3) is 0 Å². The van der Waals surface area contributed by atoms with Gasteiger partial charge in [0, 0.05) is 25.1 Å². The largest absolute Gasteiger partial charge is 0.303 e. The zero-order valence-electron chi connectivity index (χ0n) is 16.3. The minimum atomic E-state index is 0.389. The molecule has 0 amide bonds. The van der Waals surface area contributed by atoms with Crippen molar-refractivity contribution >= 4 is 0 Å². The molecule has 2 aliphatic rings. The quantitative estimate of drug-likeness (QED) is 0.750. The fourth-order valence-corrected chi connectivity index (χ4v) is 4.56. The molecule has 0 unspecified atom stereocenters. The number of fused-ring (bicyclic) bond motifs is 1. The Morgan fingerprint density at radius 2 is 1.78 bits per heavy atom. The van der Waals surface area contributed by atoms with Crippen LogP contribution in [0.5, 0.6) is 0 Å². The van der Waals surface area contributed by atoms with Crippen molar-refractivity contribution in [1.82, 2.24) is 24.8 Å². The lowest BCUT2D eigenvalue weighted by atomic mass is 9.90. The highest BCUT2D eigenvalue weighted by Gasteiger charge is 2.27. The highest BCUT2D eigenvalue weighted by atomic mass is 15.2. The number of aromatic nitrogens is 3. The molecule has 0 spiro atoms. The molecule has 0 aromatic carbocycles. The predicted molar refractivity (Wildman–Crippen MR) is 107 cm³/mol. The van der Waals surface area contributed by atoms with E-state index in [0.717, 1.165) is 25.3 Å². The van der Waals surface area contributed by atoms with Gasteiger partial charge in [-0.05, 0) is 75.9 Å². The minimum Gasteiger partial charge on any atom is -0.303 e. The molecule has 0 N–H and O–H groups in total. The fraction of sp³-hybridized carbons (Fsp3) is 0.591. The van der Waals surface area contributed by atoms with Crippen molar-refractivity contribution in [1.29, 1.82) is 0 Å². The van der Waals surface area contributed by atoms with Crippen molar-refractivity contribution in [2.24, 2.45) is 0 Å². The standard InChI is InChI=1S/C22H31N5/c1-2-14-26(15-3-1)16-7-17-27(18-21-23-12-6-13-24-21)20-10-4-8-19-9-5-11-25-22(19)20/h5-6,9,11-13,20H,1-4,7-8,10,14-18H2/t20-/m0/s1. The summed E-state index contributed by atoms with van der Waals surface area (Å²) in [6, 6.07) is 6.60. The maximum Gasteiger partial charge on any atom is 0.142 e. The van der Waals surface area contributed by atoms with Crippen LogP contribution in [0, 0.1) is 0 Å². The van der Waals surface area contributed by atoms with Crippen LogP contribution < -0.4 is 0 Å². The van der Waals surface area contributed by atoms with Crippen molar-refractivity contribution in [3.05, 3.63) is 53.9 Å². The number of nitrogens with zero attached hydrogens (tertiary/aromatic N) is 5. The second-order valence-electron chi connectivity index (χ2n) is 7.85.